The minimum atomic E-state index is -2.41. The van der Waals surface area contributed by atoms with Crippen molar-refractivity contribution in [1.29, 1.82) is 0 Å². The topological polar surface area (TPSA) is 105 Å². The van der Waals surface area contributed by atoms with Crippen LogP contribution >= 0.6 is 10.6 Å². The first-order valence-electron chi connectivity index (χ1n) is 13.6. The molecular weight excluding hydrogens is 516 g/mol. The normalized spacial score (nSPS) is 20.5. The lowest BCUT2D eigenvalue weighted by Gasteiger charge is -2.39. The van der Waals surface area contributed by atoms with Crippen LogP contribution < -0.4 is 14.2 Å². The molecule has 1 aliphatic carbocycles. The van der Waals surface area contributed by atoms with Gasteiger partial charge in [-0.05, 0) is 71.3 Å². The Hall–Kier alpha value is -3.20. The zero-order chi connectivity index (χ0) is 27.0. The fourth-order valence-electron chi connectivity index (χ4n) is 5.85. The molecule has 3 aliphatic rings. The predicted molar refractivity (Wildman–Crippen MR) is 151 cm³/mol. The van der Waals surface area contributed by atoms with Crippen molar-refractivity contribution in [2.45, 2.75) is 57.2 Å². The van der Waals surface area contributed by atoms with E-state index in [1.54, 1.807) is 0 Å². The van der Waals surface area contributed by atoms with Gasteiger partial charge in [-0.25, -0.2) is 0 Å². The van der Waals surface area contributed by atoms with E-state index in [4.69, 9.17) is 19.3 Å². The molecule has 1 fully saturated rings. The molecule has 3 N–H and O–H groups in total. The van der Waals surface area contributed by atoms with Crippen LogP contribution in [-0.4, -0.2) is 44.4 Å². The van der Waals surface area contributed by atoms with Gasteiger partial charge in [-0.15, -0.1) is 0 Å². The molecule has 7 nitrogen and oxygen atoms in total. The van der Waals surface area contributed by atoms with E-state index >= 15 is 0 Å². The molecule has 0 unspecified atom stereocenters. The number of aliphatic carboxylic acids is 1. The van der Waals surface area contributed by atoms with E-state index in [0.29, 0.717) is 49.1 Å². The standard InChI is InChI=1S/C31H34O7S/c32-31(33)16-23-19-37-30-17-25(6-9-28(23)30)36-18-20-4-5-21-2-1-3-22-15-26(7-8-27(22)29(21)14-20)38-24-10-12-39(34,35)13-11-24/h4-9,14-15,17,23-24,34-35H,1-3,10-13,16,18-19H2,(H,32,33)/t23-/m1/s1. The fraction of sp³-hybridized carbons (Fsp3) is 0.387. The Bertz CT molecular complexity index is 1380. The molecule has 8 heteroatoms. The monoisotopic (exact) mass is 550 g/mol. The number of carboxylic acids is 1. The fourth-order valence-corrected chi connectivity index (χ4v) is 7.34. The average Bonchev–Trinajstić information content (AvgIpc) is 3.21. The summed E-state index contributed by atoms with van der Waals surface area (Å²) in [7, 11) is -2.41. The highest BCUT2D eigenvalue weighted by molar-refractivity contribution is 8.24. The van der Waals surface area contributed by atoms with Crippen molar-refractivity contribution in [2.24, 2.45) is 0 Å². The van der Waals surface area contributed by atoms with Gasteiger partial charge in [-0.2, -0.15) is 10.6 Å². The van der Waals surface area contributed by atoms with Crippen LogP contribution in [0.3, 0.4) is 0 Å². The number of ether oxygens (including phenoxy) is 3. The number of hydrogen-bond donors (Lipinski definition) is 3. The van der Waals surface area contributed by atoms with Crippen LogP contribution in [0.25, 0.3) is 11.1 Å². The van der Waals surface area contributed by atoms with Gasteiger partial charge in [0.2, 0.25) is 0 Å². The van der Waals surface area contributed by atoms with Gasteiger partial charge in [-0.3, -0.25) is 13.9 Å². The maximum Gasteiger partial charge on any atom is 0.304 e. The van der Waals surface area contributed by atoms with Crippen molar-refractivity contribution in [3.63, 3.8) is 0 Å². The molecule has 2 heterocycles. The molecule has 0 amide bonds. The van der Waals surface area contributed by atoms with Crippen molar-refractivity contribution < 1.29 is 33.2 Å². The minimum absolute atomic E-state index is 0.0254. The Labute approximate surface area is 230 Å². The lowest BCUT2D eigenvalue weighted by atomic mass is 9.95. The molecular formula is C31H34O7S. The highest BCUT2D eigenvalue weighted by Crippen LogP contribution is 2.45. The molecule has 6 rings (SSSR count). The quantitative estimate of drug-likeness (QED) is 0.302. The summed E-state index contributed by atoms with van der Waals surface area (Å²) in [5, 5.41) is 9.12. The average molecular weight is 551 g/mol. The Kier molecular flexibility index (Phi) is 7.18. The Morgan fingerprint density at radius 2 is 1.72 bits per heavy atom. The largest absolute Gasteiger partial charge is 0.492 e. The Morgan fingerprint density at radius 3 is 2.54 bits per heavy atom. The van der Waals surface area contributed by atoms with Crippen molar-refractivity contribution in [2.75, 3.05) is 18.1 Å². The molecule has 0 aromatic heterocycles. The van der Waals surface area contributed by atoms with Gasteiger partial charge < -0.3 is 19.3 Å². The van der Waals surface area contributed by atoms with Crippen LogP contribution in [0.4, 0.5) is 0 Å². The molecule has 0 saturated carbocycles. The van der Waals surface area contributed by atoms with Crippen molar-refractivity contribution >= 4 is 16.6 Å². The lowest BCUT2D eigenvalue weighted by molar-refractivity contribution is -0.137. The smallest absolute Gasteiger partial charge is 0.304 e. The number of fused-ring (bicyclic) bond motifs is 4. The highest BCUT2D eigenvalue weighted by Gasteiger charge is 2.27. The first kappa shape index (κ1) is 26.0. The number of carboxylic acid groups (broad SMARTS) is 1. The molecule has 206 valence electrons. The maximum absolute atomic E-state index is 11.1. The first-order chi connectivity index (χ1) is 18.8. The maximum atomic E-state index is 11.1. The van der Waals surface area contributed by atoms with Gasteiger partial charge in [0.25, 0.3) is 0 Å². The van der Waals surface area contributed by atoms with E-state index in [2.05, 4.69) is 30.3 Å². The summed E-state index contributed by atoms with van der Waals surface area (Å²) in [6.45, 7) is 0.803. The molecule has 1 saturated heterocycles. The summed E-state index contributed by atoms with van der Waals surface area (Å²) in [5.74, 6) is 2.15. The highest BCUT2D eigenvalue weighted by atomic mass is 32.3. The van der Waals surface area contributed by atoms with E-state index in [9.17, 15) is 13.9 Å². The minimum Gasteiger partial charge on any atom is -0.492 e. The second-order valence-electron chi connectivity index (χ2n) is 10.8. The van der Waals surface area contributed by atoms with Crippen molar-refractivity contribution in [3.8, 4) is 28.4 Å². The van der Waals surface area contributed by atoms with Crippen LogP contribution in [0.15, 0.2) is 54.6 Å². The first-order valence-corrected chi connectivity index (χ1v) is 15.5. The summed E-state index contributed by atoms with van der Waals surface area (Å²) in [6.07, 6.45) is 4.50. The zero-order valence-corrected chi connectivity index (χ0v) is 22.6. The molecule has 0 radical (unpaired) electrons. The number of carbonyl (C=O) groups is 1. The summed E-state index contributed by atoms with van der Waals surface area (Å²) in [5.41, 5.74) is 7.07. The zero-order valence-electron chi connectivity index (χ0n) is 21.8. The van der Waals surface area contributed by atoms with Crippen molar-refractivity contribution in [1.82, 2.24) is 0 Å². The molecule has 0 spiro atoms. The second-order valence-corrected chi connectivity index (χ2v) is 13.2. The third-order valence-electron chi connectivity index (χ3n) is 7.96. The second kappa shape index (κ2) is 10.8. The predicted octanol–water partition coefficient (Wildman–Crippen LogP) is 6.66. The van der Waals surface area contributed by atoms with E-state index in [0.717, 1.165) is 36.1 Å². The molecule has 3 aromatic rings. The van der Waals surface area contributed by atoms with E-state index < -0.39 is 16.6 Å². The van der Waals surface area contributed by atoms with Crippen LogP contribution in [0.5, 0.6) is 17.2 Å². The summed E-state index contributed by atoms with van der Waals surface area (Å²) in [6, 6.07) is 18.5. The van der Waals surface area contributed by atoms with Gasteiger partial charge in [0.15, 0.2) is 0 Å². The third-order valence-corrected chi connectivity index (χ3v) is 9.74. The van der Waals surface area contributed by atoms with Crippen molar-refractivity contribution in [3.05, 3.63) is 76.9 Å². The third kappa shape index (κ3) is 5.88. The summed E-state index contributed by atoms with van der Waals surface area (Å²) in [4.78, 5) is 11.1. The molecule has 39 heavy (non-hydrogen) atoms. The number of rotatable bonds is 7. The van der Waals surface area contributed by atoms with Crippen LogP contribution in [-0.2, 0) is 24.2 Å². The molecule has 1 atom stereocenters. The van der Waals surface area contributed by atoms with Gasteiger partial charge in [-0.1, -0.05) is 24.3 Å². The lowest BCUT2D eigenvalue weighted by Crippen LogP contribution is -2.28. The molecule has 0 bridgehead atoms. The molecule has 2 aliphatic heterocycles. The van der Waals surface area contributed by atoms with E-state index in [1.165, 1.54) is 22.3 Å². The van der Waals surface area contributed by atoms with E-state index in [-0.39, 0.29) is 18.4 Å². The SMILES string of the molecule is O=C(O)C[C@@H]1COc2cc(OCc3ccc4c(c3)-c3ccc(OC5CCS(O)(O)CC5)cc3CCC4)ccc21. The van der Waals surface area contributed by atoms with Gasteiger partial charge >= 0.3 is 5.97 Å². The van der Waals surface area contributed by atoms with Gasteiger partial charge in [0.05, 0.1) is 13.0 Å². The number of benzene rings is 3. The van der Waals surface area contributed by atoms with Crippen LogP contribution in [0.1, 0.15) is 53.9 Å². The number of aryl methyl sites for hydroxylation is 2. The Morgan fingerprint density at radius 1 is 0.923 bits per heavy atom. The summed E-state index contributed by atoms with van der Waals surface area (Å²) < 4.78 is 37.9. The number of hydrogen-bond acceptors (Lipinski definition) is 6. The Balaban J connectivity index is 1.15. The van der Waals surface area contributed by atoms with E-state index in [1.807, 2.05) is 24.3 Å². The molecule has 3 aromatic carbocycles. The van der Waals surface area contributed by atoms with Gasteiger partial charge in [0.1, 0.15) is 30.0 Å². The van der Waals surface area contributed by atoms with Crippen LogP contribution in [0.2, 0.25) is 0 Å². The van der Waals surface area contributed by atoms with Crippen LogP contribution in [0, 0.1) is 0 Å². The summed E-state index contributed by atoms with van der Waals surface area (Å²) >= 11 is 0. The van der Waals surface area contributed by atoms with Gasteiger partial charge in [0, 0.05) is 41.9 Å².